The van der Waals surface area contributed by atoms with Crippen molar-refractivity contribution in [3.05, 3.63) is 35.9 Å². The molecule has 0 saturated carbocycles. The van der Waals surface area contributed by atoms with Gasteiger partial charge in [0.25, 0.3) is 0 Å². The first-order valence-electron chi connectivity index (χ1n) is 9.85. The van der Waals surface area contributed by atoms with Gasteiger partial charge in [0.1, 0.15) is 0 Å². The highest BCUT2D eigenvalue weighted by molar-refractivity contribution is 5.79. The van der Waals surface area contributed by atoms with Gasteiger partial charge >= 0.3 is 0 Å². The normalized spacial score (nSPS) is 22.7. The predicted molar refractivity (Wildman–Crippen MR) is 101 cm³/mol. The average Bonchev–Trinajstić information content (AvgIpc) is 2.68. The van der Waals surface area contributed by atoms with Crippen LogP contribution in [-0.2, 0) is 16.0 Å². The minimum atomic E-state index is 0.173. The number of hydrogen-bond donors (Lipinski definition) is 0. The first-order chi connectivity index (χ1) is 12.2. The maximum absolute atomic E-state index is 12.8. The number of amides is 1. The number of benzene rings is 1. The first-order valence-corrected chi connectivity index (χ1v) is 9.85. The van der Waals surface area contributed by atoms with Crippen molar-refractivity contribution in [2.75, 3.05) is 39.9 Å². The molecule has 1 aromatic rings. The summed E-state index contributed by atoms with van der Waals surface area (Å²) < 4.78 is 5.39. The van der Waals surface area contributed by atoms with Crippen LogP contribution in [0.1, 0.15) is 37.7 Å². The molecule has 0 spiro atoms. The quantitative estimate of drug-likeness (QED) is 0.795. The van der Waals surface area contributed by atoms with Gasteiger partial charge in [-0.1, -0.05) is 30.3 Å². The number of aryl methyl sites for hydroxylation is 1. The maximum atomic E-state index is 12.8. The molecule has 2 aliphatic heterocycles. The van der Waals surface area contributed by atoms with Crippen molar-refractivity contribution in [2.45, 2.75) is 44.6 Å². The van der Waals surface area contributed by atoms with Crippen LogP contribution in [0.4, 0.5) is 0 Å². The fourth-order valence-electron chi connectivity index (χ4n) is 4.11. The minimum absolute atomic E-state index is 0.173. The Morgan fingerprint density at radius 1 is 1.20 bits per heavy atom. The Morgan fingerprint density at radius 3 is 2.72 bits per heavy atom. The molecule has 1 amide bonds. The lowest BCUT2D eigenvalue weighted by atomic mass is 9.96. The van der Waals surface area contributed by atoms with Gasteiger partial charge in [-0.05, 0) is 57.2 Å². The second kappa shape index (κ2) is 9.35. The van der Waals surface area contributed by atoms with Gasteiger partial charge in [0, 0.05) is 38.8 Å². The van der Waals surface area contributed by atoms with Crippen LogP contribution in [0.25, 0.3) is 0 Å². The second-order valence-corrected chi connectivity index (χ2v) is 7.52. The second-order valence-electron chi connectivity index (χ2n) is 7.52. The van der Waals surface area contributed by atoms with Crippen LogP contribution in [0.3, 0.4) is 0 Å². The molecule has 25 heavy (non-hydrogen) atoms. The van der Waals surface area contributed by atoms with Crippen LogP contribution < -0.4 is 0 Å². The molecule has 2 fully saturated rings. The highest BCUT2D eigenvalue weighted by Gasteiger charge is 2.30. The molecule has 2 heterocycles. The molecule has 0 bridgehead atoms. The van der Waals surface area contributed by atoms with E-state index in [1.807, 2.05) is 11.9 Å². The zero-order valence-corrected chi connectivity index (χ0v) is 15.5. The van der Waals surface area contributed by atoms with E-state index in [4.69, 9.17) is 4.74 Å². The number of likely N-dealkylation sites (N-methyl/N-ethyl adjacent to an activating group) is 1. The summed E-state index contributed by atoms with van der Waals surface area (Å²) in [5, 5.41) is 0. The van der Waals surface area contributed by atoms with E-state index in [0.29, 0.717) is 11.9 Å². The van der Waals surface area contributed by atoms with Crippen molar-refractivity contribution in [1.82, 2.24) is 9.80 Å². The van der Waals surface area contributed by atoms with E-state index >= 15 is 0 Å². The molecule has 0 radical (unpaired) electrons. The van der Waals surface area contributed by atoms with E-state index in [-0.39, 0.29) is 5.92 Å². The van der Waals surface area contributed by atoms with Crippen LogP contribution in [0.5, 0.6) is 0 Å². The smallest absolute Gasteiger partial charge is 0.225 e. The van der Waals surface area contributed by atoms with E-state index in [0.717, 1.165) is 52.0 Å². The lowest BCUT2D eigenvalue weighted by molar-refractivity contribution is -0.140. The summed E-state index contributed by atoms with van der Waals surface area (Å²) in [5.74, 6) is 0.506. The zero-order valence-electron chi connectivity index (χ0n) is 15.5. The molecular weight excluding hydrogens is 312 g/mol. The summed E-state index contributed by atoms with van der Waals surface area (Å²) in [7, 11) is 2.01. The van der Waals surface area contributed by atoms with Gasteiger partial charge in [-0.2, -0.15) is 0 Å². The number of carbonyl (C=O) groups is 1. The largest absolute Gasteiger partial charge is 0.381 e. The summed E-state index contributed by atoms with van der Waals surface area (Å²) in [6.45, 7) is 4.80. The number of ether oxygens (including phenoxy) is 1. The van der Waals surface area contributed by atoms with E-state index in [1.165, 1.54) is 24.9 Å². The van der Waals surface area contributed by atoms with Gasteiger partial charge in [0.2, 0.25) is 5.91 Å². The number of nitrogens with zero attached hydrogens (tertiary/aromatic N) is 2. The summed E-state index contributed by atoms with van der Waals surface area (Å²) in [6, 6.07) is 11.1. The van der Waals surface area contributed by atoms with Gasteiger partial charge in [0.05, 0.1) is 0 Å². The monoisotopic (exact) mass is 344 g/mol. The summed E-state index contributed by atoms with van der Waals surface area (Å²) in [5.41, 5.74) is 1.42. The fraction of sp³-hybridized carbons (Fsp3) is 0.667. The summed E-state index contributed by atoms with van der Waals surface area (Å²) in [6.07, 6.45) is 6.43. The van der Waals surface area contributed by atoms with Crippen LogP contribution >= 0.6 is 0 Å². The van der Waals surface area contributed by atoms with Crippen LogP contribution in [-0.4, -0.2) is 61.6 Å². The molecule has 1 aromatic carbocycles. The van der Waals surface area contributed by atoms with E-state index in [9.17, 15) is 4.79 Å². The molecule has 3 rings (SSSR count). The zero-order chi connectivity index (χ0) is 17.5. The first kappa shape index (κ1) is 18.4. The lowest BCUT2D eigenvalue weighted by Gasteiger charge is -2.39. The Morgan fingerprint density at radius 2 is 1.96 bits per heavy atom. The molecule has 138 valence electrons. The standard InChI is InChI=1S/C21H32N2O2/c1-22(21(24)19-11-15-25-16-12-19)20-10-6-14-23(17-20)13-5-9-18-7-3-2-4-8-18/h2-4,7-8,19-20H,5-6,9-17H2,1H3. The van der Waals surface area contributed by atoms with Crippen LogP contribution in [0, 0.1) is 5.92 Å². The van der Waals surface area contributed by atoms with E-state index in [1.54, 1.807) is 0 Å². The van der Waals surface area contributed by atoms with E-state index in [2.05, 4.69) is 35.2 Å². The molecule has 0 N–H and O–H groups in total. The molecule has 2 saturated heterocycles. The number of rotatable bonds is 6. The van der Waals surface area contributed by atoms with E-state index < -0.39 is 0 Å². The molecule has 2 aliphatic rings. The highest BCUT2D eigenvalue weighted by atomic mass is 16.5. The molecular formula is C21H32N2O2. The maximum Gasteiger partial charge on any atom is 0.225 e. The third-order valence-electron chi connectivity index (χ3n) is 5.73. The number of piperidine rings is 1. The lowest BCUT2D eigenvalue weighted by Crippen LogP contribution is -2.50. The van der Waals surface area contributed by atoms with Crippen molar-refractivity contribution in [3.8, 4) is 0 Å². The van der Waals surface area contributed by atoms with Crippen molar-refractivity contribution < 1.29 is 9.53 Å². The summed E-state index contributed by atoms with van der Waals surface area (Å²) in [4.78, 5) is 17.3. The molecule has 0 aliphatic carbocycles. The molecule has 4 nitrogen and oxygen atoms in total. The van der Waals surface area contributed by atoms with Gasteiger partial charge < -0.3 is 14.5 Å². The fourth-order valence-corrected chi connectivity index (χ4v) is 4.11. The Balaban J connectivity index is 1.44. The average molecular weight is 344 g/mol. The molecule has 0 aromatic heterocycles. The molecule has 1 atom stereocenters. The molecule has 1 unspecified atom stereocenters. The van der Waals surface area contributed by atoms with Crippen molar-refractivity contribution >= 4 is 5.91 Å². The number of carbonyl (C=O) groups excluding carboxylic acids is 1. The molecule has 4 heteroatoms. The highest BCUT2D eigenvalue weighted by Crippen LogP contribution is 2.22. The van der Waals surface area contributed by atoms with Crippen molar-refractivity contribution in [1.29, 1.82) is 0 Å². The van der Waals surface area contributed by atoms with Gasteiger partial charge in [-0.3, -0.25) is 4.79 Å². The number of likely N-dealkylation sites (tertiary alicyclic amines) is 1. The number of hydrogen-bond acceptors (Lipinski definition) is 3. The van der Waals surface area contributed by atoms with Gasteiger partial charge in [-0.15, -0.1) is 0 Å². The van der Waals surface area contributed by atoms with Gasteiger partial charge in [-0.25, -0.2) is 0 Å². The Labute approximate surface area is 152 Å². The predicted octanol–water partition coefficient (Wildman–Crippen LogP) is 2.97. The Bertz CT molecular complexity index is 528. The third kappa shape index (κ3) is 5.29. The van der Waals surface area contributed by atoms with Gasteiger partial charge in [0.15, 0.2) is 0 Å². The third-order valence-corrected chi connectivity index (χ3v) is 5.73. The van der Waals surface area contributed by atoms with Crippen molar-refractivity contribution in [2.24, 2.45) is 5.92 Å². The van der Waals surface area contributed by atoms with Crippen molar-refractivity contribution in [3.63, 3.8) is 0 Å². The Hall–Kier alpha value is -1.39. The minimum Gasteiger partial charge on any atom is -0.381 e. The SMILES string of the molecule is CN(C(=O)C1CCOCC1)C1CCCN(CCCc2ccccc2)C1. The Kier molecular flexibility index (Phi) is 6.88. The topological polar surface area (TPSA) is 32.8 Å². The van der Waals surface area contributed by atoms with Crippen LogP contribution in [0.15, 0.2) is 30.3 Å². The summed E-state index contributed by atoms with van der Waals surface area (Å²) >= 11 is 0. The van der Waals surface area contributed by atoms with Crippen LogP contribution in [0.2, 0.25) is 0 Å².